The van der Waals surface area contributed by atoms with E-state index in [1.54, 1.807) is 0 Å². The quantitative estimate of drug-likeness (QED) is 0.616. The average molecular weight is 249 g/mol. The van der Waals surface area contributed by atoms with E-state index in [0.29, 0.717) is 6.42 Å². The number of hydrogen-bond acceptors (Lipinski definition) is 5. The molecule has 6 nitrogen and oxygen atoms in total. The molecule has 96 valence electrons. The summed E-state index contributed by atoms with van der Waals surface area (Å²) in [5.41, 5.74) is 4.95. The van der Waals surface area contributed by atoms with Crippen molar-refractivity contribution in [3.8, 4) is 0 Å². The summed E-state index contributed by atoms with van der Waals surface area (Å²) >= 11 is 0. The number of nitrogens with zero attached hydrogens (tertiary/aromatic N) is 1. The summed E-state index contributed by atoms with van der Waals surface area (Å²) in [5, 5.41) is 2.72. The van der Waals surface area contributed by atoms with E-state index in [9.17, 15) is 14.5 Å². The Hall–Kier alpha value is -2.24. The van der Waals surface area contributed by atoms with Gasteiger partial charge in [-0.25, -0.2) is 0 Å². The van der Waals surface area contributed by atoms with E-state index in [0.717, 1.165) is 0 Å². The summed E-state index contributed by atoms with van der Waals surface area (Å²) in [6, 6.07) is 5.32. The lowest BCUT2D eigenvalue weighted by Gasteiger charge is -2.08. The monoisotopic (exact) mass is 249 g/mol. The minimum absolute atomic E-state index is 0.147. The van der Waals surface area contributed by atoms with Crippen LogP contribution in [0.25, 0.3) is 0 Å². The summed E-state index contributed by atoms with van der Waals surface area (Å²) in [7, 11) is 0. The van der Waals surface area contributed by atoms with E-state index in [4.69, 9.17) is 0 Å². The fourth-order valence-corrected chi connectivity index (χ4v) is 1.28. The summed E-state index contributed by atoms with van der Waals surface area (Å²) in [6.07, 6.45) is 0.362. The number of hydrogen-bond donors (Lipinski definition) is 2. The van der Waals surface area contributed by atoms with E-state index in [1.165, 1.54) is 24.3 Å². The maximum absolute atomic E-state index is 11.6. The zero-order valence-corrected chi connectivity index (χ0v) is 10.3. The minimum Gasteiger partial charge on any atom is -0.295 e. The molecule has 0 saturated carbocycles. The molecular formula is C12H15N3O3. The van der Waals surface area contributed by atoms with Crippen LogP contribution in [-0.4, -0.2) is 5.91 Å². The molecule has 0 atom stereocenters. The first-order valence-electron chi connectivity index (χ1n) is 5.55. The third-order valence-electron chi connectivity index (χ3n) is 2.13. The summed E-state index contributed by atoms with van der Waals surface area (Å²) in [4.78, 5) is 33.3. The zero-order chi connectivity index (χ0) is 13.5. The molecule has 1 amide bonds. The largest absolute Gasteiger partial charge is 0.295 e. The number of nitrogens with one attached hydrogen (secondary N) is 2. The fourth-order valence-electron chi connectivity index (χ4n) is 1.28. The molecule has 1 aromatic rings. The molecule has 0 saturated heterocycles. The van der Waals surface area contributed by atoms with Crippen molar-refractivity contribution in [3.05, 3.63) is 39.4 Å². The van der Waals surface area contributed by atoms with Gasteiger partial charge in [-0.2, -0.15) is 0 Å². The number of amides is 1. The van der Waals surface area contributed by atoms with E-state index in [1.807, 2.05) is 13.8 Å². The second-order valence-corrected chi connectivity index (χ2v) is 4.23. The molecule has 0 radical (unpaired) electrons. The molecule has 6 heteroatoms. The standard InChI is InChI=1S/C12H15N3O3/c1-8(2)7-12(17)14-13-10-5-3-9(15-18)4-6-11(10)16/h3-6,8H,7H2,1-2H3,(H,13,16)(H,14,17). The summed E-state index contributed by atoms with van der Waals surface area (Å²) in [6.45, 7) is 3.84. The predicted octanol–water partition coefficient (Wildman–Crippen LogP) is 1.93. The smallest absolute Gasteiger partial charge is 0.238 e. The third kappa shape index (κ3) is 4.32. The molecule has 0 spiro atoms. The number of rotatable bonds is 5. The lowest BCUT2D eigenvalue weighted by atomic mass is 10.1. The molecule has 0 bridgehead atoms. The number of carbonyl (C=O) groups is 1. The predicted molar refractivity (Wildman–Crippen MR) is 69.4 cm³/mol. The van der Waals surface area contributed by atoms with Crippen LogP contribution in [0.3, 0.4) is 0 Å². The van der Waals surface area contributed by atoms with Gasteiger partial charge in [0.2, 0.25) is 11.3 Å². The highest BCUT2D eigenvalue weighted by Gasteiger charge is 2.04. The number of carbonyl (C=O) groups excluding carboxylic acids is 1. The normalized spacial score (nSPS) is 9.94. The molecule has 0 aliphatic carbocycles. The molecule has 0 aliphatic heterocycles. The number of nitroso groups, excluding NO2 is 1. The molecule has 0 aromatic heterocycles. The zero-order valence-electron chi connectivity index (χ0n) is 10.3. The van der Waals surface area contributed by atoms with E-state index >= 15 is 0 Å². The first-order valence-corrected chi connectivity index (χ1v) is 5.55. The van der Waals surface area contributed by atoms with Crippen molar-refractivity contribution in [1.29, 1.82) is 0 Å². The molecule has 1 aromatic carbocycles. The second-order valence-electron chi connectivity index (χ2n) is 4.23. The van der Waals surface area contributed by atoms with Gasteiger partial charge in [0, 0.05) is 6.42 Å². The Morgan fingerprint density at radius 1 is 1.28 bits per heavy atom. The number of anilines is 1. The Kier molecular flexibility index (Phi) is 4.98. The van der Waals surface area contributed by atoms with Crippen molar-refractivity contribution in [1.82, 2.24) is 5.43 Å². The van der Waals surface area contributed by atoms with Crippen molar-refractivity contribution in [2.45, 2.75) is 20.3 Å². The maximum Gasteiger partial charge on any atom is 0.238 e. The van der Waals surface area contributed by atoms with Crippen LogP contribution in [0, 0.1) is 10.8 Å². The topological polar surface area (TPSA) is 87.6 Å². The van der Waals surface area contributed by atoms with Gasteiger partial charge >= 0.3 is 0 Å². The first kappa shape index (κ1) is 13.8. The molecule has 2 N–H and O–H groups in total. The Bertz CT molecular complexity index is 500. The van der Waals surface area contributed by atoms with Crippen LogP contribution < -0.4 is 16.3 Å². The maximum atomic E-state index is 11.6. The van der Waals surface area contributed by atoms with Crippen molar-refractivity contribution >= 4 is 17.3 Å². The van der Waals surface area contributed by atoms with Gasteiger partial charge in [-0.1, -0.05) is 13.8 Å². The second kappa shape index (κ2) is 6.48. The van der Waals surface area contributed by atoms with Gasteiger partial charge in [-0.3, -0.25) is 20.4 Å². The molecule has 0 unspecified atom stereocenters. The van der Waals surface area contributed by atoms with Crippen LogP contribution in [0.1, 0.15) is 20.3 Å². The summed E-state index contributed by atoms with van der Waals surface area (Å²) in [5.74, 6) is 0.0286. The lowest BCUT2D eigenvalue weighted by molar-refractivity contribution is -0.121. The van der Waals surface area contributed by atoms with Crippen LogP contribution in [0.5, 0.6) is 0 Å². The molecule has 0 aliphatic rings. The Morgan fingerprint density at radius 2 is 1.94 bits per heavy atom. The number of hydrazine groups is 1. The van der Waals surface area contributed by atoms with Crippen LogP contribution in [0.4, 0.5) is 11.4 Å². The van der Waals surface area contributed by atoms with Crippen LogP contribution in [0.2, 0.25) is 0 Å². The average Bonchev–Trinajstić information content (AvgIpc) is 2.48. The molecular weight excluding hydrogens is 234 g/mol. The van der Waals surface area contributed by atoms with Gasteiger partial charge in [0.15, 0.2) is 0 Å². The Labute approximate surface area is 104 Å². The molecule has 0 heterocycles. The highest BCUT2D eigenvalue weighted by atomic mass is 16.3. The highest BCUT2D eigenvalue weighted by Crippen LogP contribution is 2.09. The van der Waals surface area contributed by atoms with E-state index in [2.05, 4.69) is 16.0 Å². The van der Waals surface area contributed by atoms with Crippen LogP contribution in [-0.2, 0) is 4.79 Å². The van der Waals surface area contributed by atoms with E-state index in [-0.39, 0.29) is 28.6 Å². The lowest BCUT2D eigenvalue weighted by Crippen LogP contribution is -2.31. The Morgan fingerprint density at radius 3 is 2.56 bits per heavy atom. The highest BCUT2D eigenvalue weighted by molar-refractivity contribution is 5.77. The SMILES string of the molecule is CC(C)CC(=O)NNc1ccc(N=O)ccc1=O. The van der Waals surface area contributed by atoms with Crippen molar-refractivity contribution < 1.29 is 4.79 Å². The van der Waals surface area contributed by atoms with Crippen molar-refractivity contribution in [2.75, 3.05) is 5.43 Å². The Balaban J connectivity index is 2.74. The fraction of sp³-hybridized carbons (Fsp3) is 0.333. The summed E-state index contributed by atoms with van der Waals surface area (Å²) < 4.78 is 0. The van der Waals surface area contributed by atoms with E-state index < -0.39 is 0 Å². The van der Waals surface area contributed by atoms with Gasteiger partial charge < -0.3 is 0 Å². The van der Waals surface area contributed by atoms with Gasteiger partial charge in [0.05, 0.1) is 0 Å². The molecule has 18 heavy (non-hydrogen) atoms. The van der Waals surface area contributed by atoms with Crippen molar-refractivity contribution in [2.24, 2.45) is 11.1 Å². The van der Waals surface area contributed by atoms with Gasteiger partial charge in [-0.15, -0.1) is 4.91 Å². The molecule has 0 fully saturated rings. The van der Waals surface area contributed by atoms with Crippen LogP contribution >= 0.6 is 0 Å². The van der Waals surface area contributed by atoms with Gasteiger partial charge in [0.25, 0.3) is 0 Å². The first-order chi connectivity index (χ1) is 8.52. The van der Waals surface area contributed by atoms with Gasteiger partial charge in [0.1, 0.15) is 11.4 Å². The molecule has 1 rings (SSSR count). The van der Waals surface area contributed by atoms with Gasteiger partial charge in [-0.05, 0) is 35.4 Å². The minimum atomic E-state index is -0.338. The third-order valence-corrected chi connectivity index (χ3v) is 2.13. The van der Waals surface area contributed by atoms with Crippen LogP contribution in [0.15, 0.2) is 34.2 Å². The van der Waals surface area contributed by atoms with Crippen molar-refractivity contribution in [3.63, 3.8) is 0 Å².